The molecule has 1 unspecified atom stereocenters. The lowest BCUT2D eigenvalue weighted by Crippen LogP contribution is -2.24. The first kappa shape index (κ1) is 24.2. The highest BCUT2D eigenvalue weighted by Crippen LogP contribution is 2.45. The number of hydrogen-bond donors (Lipinski definition) is 1. The molecule has 1 fully saturated rings. The molecule has 1 nitrogen and oxygen atoms in total. The van der Waals surface area contributed by atoms with Crippen LogP contribution in [-0.4, -0.2) is 22.6 Å². The van der Waals surface area contributed by atoms with Gasteiger partial charge in [0.1, 0.15) is 0 Å². The van der Waals surface area contributed by atoms with Crippen molar-refractivity contribution in [2.45, 2.75) is 29.8 Å². The van der Waals surface area contributed by atoms with Gasteiger partial charge in [-0.1, -0.05) is 97.1 Å². The van der Waals surface area contributed by atoms with Crippen molar-refractivity contribution < 1.29 is 0 Å². The number of aryl methyl sites for hydroxylation is 1. The van der Waals surface area contributed by atoms with Crippen molar-refractivity contribution in [2.24, 2.45) is 0 Å². The van der Waals surface area contributed by atoms with E-state index in [1.165, 1.54) is 57.1 Å². The molecule has 1 aliphatic carbocycles. The maximum absolute atomic E-state index is 3.87. The van der Waals surface area contributed by atoms with Gasteiger partial charge in [-0.2, -0.15) is 0 Å². The second kappa shape index (κ2) is 11.5. The molecule has 1 heterocycles. The molecule has 0 bridgehead atoms. The van der Waals surface area contributed by atoms with Crippen molar-refractivity contribution >= 4 is 53.0 Å². The van der Waals surface area contributed by atoms with Crippen molar-refractivity contribution in [3.8, 4) is 0 Å². The van der Waals surface area contributed by atoms with Crippen LogP contribution in [0.2, 0.25) is 0 Å². The van der Waals surface area contributed by atoms with E-state index in [-0.39, 0.29) is 0 Å². The maximum atomic E-state index is 3.87. The molecule has 4 heteroatoms. The Balaban J connectivity index is 1.40. The van der Waals surface area contributed by atoms with E-state index in [2.05, 4.69) is 132 Å². The van der Waals surface area contributed by atoms with Crippen LogP contribution >= 0.6 is 31.4 Å². The zero-order chi connectivity index (χ0) is 24.2. The summed E-state index contributed by atoms with van der Waals surface area (Å²) in [7, 11) is -0.621. The summed E-state index contributed by atoms with van der Waals surface area (Å²) < 4.78 is 0.655. The van der Waals surface area contributed by atoms with Crippen LogP contribution in [0.15, 0.2) is 103 Å². The third-order valence-electron chi connectivity index (χ3n) is 7.19. The molecule has 0 aromatic heterocycles. The second-order valence-corrected chi connectivity index (χ2v) is 14.5. The summed E-state index contributed by atoms with van der Waals surface area (Å²) in [5, 5.41) is 8.24. The Kier molecular flexibility index (Phi) is 7.70. The number of thioether (sulfide) groups is 2. The fourth-order valence-corrected chi connectivity index (χ4v) is 10.8. The predicted molar refractivity (Wildman–Crippen MR) is 164 cm³/mol. The highest BCUT2D eigenvalue weighted by atomic mass is 32.2. The van der Waals surface area contributed by atoms with E-state index in [0.29, 0.717) is 10.5 Å². The third kappa shape index (κ3) is 5.12. The Labute approximate surface area is 225 Å². The largest absolute Gasteiger partial charge is 0.383 e. The van der Waals surface area contributed by atoms with Crippen LogP contribution in [-0.2, 0) is 6.42 Å². The monoisotopic (exact) mass is 525 g/mol. The Morgan fingerprint density at radius 2 is 1.39 bits per heavy atom. The van der Waals surface area contributed by atoms with E-state index >= 15 is 0 Å². The van der Waals surface area contributed by atoms with Crippen LogP contribution in [0.3, 0.4) is 0 Å². The van der Waals surface area contributed by atoms with Crippen LogP contribution in [0.1, 0.15) is 35.4 Å². The number of para-hydroxylation sites is 1. The summed E-state index contributed by atoms with van der Waals surface area (Å²) in [5.74, 6) is 3.02. The summed E-state index contributed by atoms with van der Waals surface area (Å²) in [6.45, 7) is 1.04. The van der Waals surface area contributed by atoms with Crippen molar-refractivity contribution in [3.05, 3.63) is 120 Å². The SMILES string of the molecule is c1ccc(P(c2ccccc2)c2cccc3c2C(c2ccccc2NCC2SCCCS2)CC3)cc1. The Morgan fingerprint density at radius 3 is 2.11 bits per heavy atom. The number of nitrogens with one attached hydrogen (secondary N) is 1. The minimum atomic E-state index is -0.621. The average molecular weight is 526 g/mol. The van der Waals surface area contributed by atoms with Gasteiger partial charge in [0.25, 0.3) is 0 Å². The van der Waals surface area contributed by atoms with Crippen LogP contribution < -0.4 is 21.2 Å². The summed E-state index contributed by atoms with van der Waals surface area (Å²) in [4.78, 5) is 0. The molecule has 0 spiro atoms. The summed E-state index contributed by atoms with van der Waals surface area (Å²) in [6.07, 6.45) is 3.68. The Morgan fingerprint density at radius 1 is 0.722 bits per heavy atom. The molecule has 0 saturated carbocycles. The number of anilines is 1. The highest BCUT2D eigenvalue weighted by Gasteiger charge is 2.31. The molecule has 0 radical (unpaired) electrons. The van der Waals surface area contributed by atoms with Gasteiger partial charge in [0.05, 0.1) is 4.58 Å². The first-order valence-corrected chi connectivity index (χ1v) is 16.4. The second-order valence-electron chi connectivity index (χ2n) is 9.44. The van der Waals surface area contributed by atoms with Crippen LogP contribution in [0, 0.1) is 0 Å². The van der Waals surface area contributed by atoms with E-state index in [1.807, 2.05) is 0 Å². The third-order valence-corrected chi connectivity index (χ3v) is 12.6. The van der Waals surface area contributed by atoms with Gasteiger partial charge in [0, 0.05) is 18.2 Å². The number of hydrogen-bond acceptors (Lipinski definition) is 3. The molecular weight excluding hydrogens is 493 g/mol. The molecule has 36 heavy (non-hydrogen) atoms. The lowest BCUT2D eigenvalue weighted by molar-refractivity contribution is 0.791. The smallest absolute Gasteiger partial charge is 0.0674 e. The van der Waals surface area contributed by atoms with Crippen molar-refractivity contribution in [1.29, 1.82) is 0 Å². The molecule has 1 aliphatic heterocycles. The van der Waals surface area contributed by atoms with Crippen LogP contribution in [0.4, 0.5) is 5.69 Å². The van der Waals surface area contributed by atoms with E-state index in [0.717, 1.165) is 13.0 Å². The molecule has 6 rings (SSSR count). The van der Waals surface area contributed by atoms with Gasteiger partial charge in [-0.15, -0.1) is 23.5 Å². The van der Waals surface area contributed by atoms with Gasteiger partial charge < -0.3 is 5.32 Å². The zero-order valence-electron chi connectivity index (χ0n) is 20.5. The first-order chi connectivity index (χ1) is 17.9. The normalized spacial score (nSPS) is 17.8. The quantitative estimate of drug-likeness (QED) is 0.258. The molecule has 0 amide bonds. The highest BCUT2D eigenvalue weighted by molar-refractivity contribution is 8.17. The molecule has 182 valence electrons. The van der Waals surface area contributed by atoms with E-state index in [4.69, 9.17) is 0 Å². The van der Waals surface area contributed by atoms with Gasteiger partial charge >= 0.3 is 0 Å². The van der Waals surface area contributed by atoms with Gasteiger partial charge in [-0.3, -0.25) is 0 Å². The maximum Gasteiger partial charge on any atom is 0.0674 e. The fourth-order valence-electron chi connectivity index (χ4n) is 5.56. The summed E-state index contributed by atoms with van der Waals surface area (Å²) in [6, 6.07) is 38.4. The molecular formula is C32H32NPS2. The Hall–Kier alpha value is -2.19. The van der Waals surface area contributed by atoms with E-state index < -0.39 is 7.92 Å². The molecule has 4 aromatic rings. The minimum Gasteiger partial charge on any atom is -0.383 e. The Bertz CT molecular complexity index is 1250. The number of rotatable bonds is 7. The number of fused-ring (bicyclic) bond motifs is 1. The van der Waals surface area contributed by atoms with Crippen molar-refractivity contribution in [2.75, 3.05) is 23.4 Å². The minimum absolute atomic E-state index is 0.434. The lowest BCUT2D eigenvalue weighted by atomic mass is 9.91. The van der Waals surface area contributed by atoms with Gasteiger partial charge in [0.15, 0.2) is 0 Å². The molecule has 1 saturated heterocycles. The van der Waals surface area contributed by atoms with Gasteiger partial charge in [-0.05, 0) is 77.4 Å². The van der Waals surface area contributed by atoms with E-state index in [9.17, 15) is 0 Å². The summed E-state index contributed by atoms with van der Waals surface area (Å²) in [5.41, 5.74) is 5.89. The molecule has 4 aromatic carbocycles. The first-order valence-electron chi connectivity index (χ1n) is 13.0. The van der Waals surface area contributed by atoms with Crippen LogP contribution in [0.25, 0.3) is 0 Å². The topological polar surface area (TPSA) is 12.0 Å². The van der Waals surface area contributed by atoms with E-state index in [1.54, 1.807) is 5.56 Å². The average Bonchev–Trinajstić information content (AvgIpc) is 3.39. The molecule has 1 N–H and O–H groups in total. The summed E-state index contributed by atoms with van der Waals surface area (Å²) >= 11 is 4.23. The van der Waals surface area contributed by atoms with Crippen molar-refractivity contribution in [1.82, 2.24) is 0 Å². The molecule has 2 aliphatic rings. The fraction of sp³-hybridized carbons (Fsp3) is 0.250. The van der Waals surface area contributed by atoms with Gasteiger partial charge in [0.2, 0.25) is 0 Å². The number of benzene rings is 4. The predicted octanol–water partition coefficient (Wildman–Crippen LogP) is 7.13. The van der Waals surface area contributed by atoms with Gasteiger partial charge in [-0.25, -0.2) is 0 Å². The molecule has 1 atom stereocenters. The van der Waals surface area contributed by atoms with Crippen LogP contribution in [0.5, 0.6) is 0 Å². The standard InChI is InChI=1S/C32H32NPS2/c1-3-12-25(13-4-1)34(26-14-5-2-6-15-26)30-18-9-11-24-19-20-28(32(24)30)27-16-7-8-17-29(27)33-23-31-35-21-10-22-36-31/h1-9,11-18,28,31,33H,10,19-23H2. The lowest BCUT2D eigenvalue weighted by Gasteiger charge is -2.27. The van der Waals surface area contributed by atoms with Crippen molar-refractivity contribution in [3.63, 3.8) is 0 Å². The zero-order valence-corrected chi connectivity index (χ0v) is 23.0.